The Hall–Kier alpha value is -7.56. The molecule has 0 aliphatic heterocycles. The summed E-state index contributed by atoms with van der Waals surface area (Å²) in [6.07, 6.45) is -5.18. The fourth-order valence-electron chi connectivity index (χ4n) is 8.21. The number of alkyl halides is 24. The second-order valence-corrected chi connectivity index (χ2v) is 19.4. The van der Waals surface area contributed by atoms with Crippen LogP contribution in [-0.4, -0.2) is 76.0 Å². The van der Waals surface area contributed by atoms with Gasteiger partial charge in [0.05, 0.1) is 22.7 Å². The molecule has 0 N–H and O–H groups in total. The molecule has 0 saturated carbocycles. The number of nitro groups is 1. The minimum absolute atomic E-state index is 0.0217. The van der Waals surface area contributed by atoms with E-state index in [1.807, 2.05) is 38.2 Å². The number of nitrogens with zero attached hydrogens (tertiary/aromatic N) is 4. The predicted molar refractivity (Wildman–Crippen MR) is 274 cm³/mol. The Morgan fingerprint density at radius 1 is 0.460 bits per heavy atom. The van der Waals surface area contributed by atoms with Crippen LogP contribution >= 0.6 is 0 Å². The van der Waals surface area contributed by atoms with Crippen molar-refractivity contribution < 1.29 is 110 Å². The van der Waals surface area contributed by atoms with Gasteiger partial charge in [0.1, 0.15) is 0 Å². The van der Waals surface area contributed by atoms with E-state index in [1.54, 1.807) is 49.4 Å². The van der Waals surface area contributed by atoms with Gasteiger partial charge in [0.25, 0.3) is 5.69 Å². The summed E-state index contributed by atoms with van der Waals surface area (Å²) in [6.45, 7) is 5.21. The first kappa shape index (κ1) is 70.2. The maximum Gasteiger partial charge on any atom is 0.460 e. The number of benzene rings is 5. The summed E-state index contributed by atoms with van der Waals surface area (Å²) >= 11 is 0. The van der Waals surface area contributed by atoms with E-state index in [0.29, 0.717) is 18.4 Å². The number of non-ortho nitro benzene ring substituents is 1. The predicted octanol–water partition coefficient (Wildman–Crippen LogP) is 20.4. The second-order valence-electron chi connectivity index (χ2n) is 19.4. The van der Waals surface area contributed by atoms with Gasteiger partial charge >= 0.3 is 65.7 Å². The first-order valence-electron chi connectivity index (χ1n) is 25.4. The largest absolute Gasteiger partial charge is 0.460 e. The van der Waals surface area contributed by atoms with Crippen LogP contribution < -0.4 is 0 Å². The zero-order valence-corrected chi connectivity index (χ0v) is 44.9. The van der Waals surface area contributed by atoms with Gasteiger partial charge < -0.3 is 0 Å². The summed E-state index contributed by atoms with van der Waals surface area (Å²) < 4.78 is 333. The van der Waals surface area contributed by atoms with Crippen molar-refractivity contribution in [3.63, 3.8) is 0 Å². The van der Waals surface area contributed by atoms with Crippen LogP contribution in [0.25, 0.3) is 36.5 Å². The van der Waals surface area contributed by atoms with Crippen molar-refractivity contribution in [3.8, 4) is 0 Å². The van der Waals surface area contributed by atoms with Gasteiger partial charge in [-0.25, -0.2) is 0 Å². The van der Waals surface area contributed by atoms with Gasteiger partial charge in [-0.3, -0.25) is 15.1 Å². The number of hydrogen-bond donors (Lipinski definition) is 0. The third-order valence-corrected chi connectivity index (χ3v) is 13.4. The molecule has 0 bridgehead atoms. The maximum atomic E-state index is 14.7. The highest BCUT2D eigenvalue weighted by Crippen LogP contribution is 2.66. The summed E-state index contributed by atoms with van der Waals surface area (Å²) in [5.74, 6) is -77.8. The van der Waals surface area contributed by atoms with Crippen molar-refractivity contribution in [2.24, 2.45) is 10.3 Å². The number of nitro benzene ring substituents is 1. The van der Waals surface area contributed by atoms with Gasteiger partial charge in [-0.1, -0.05) is 129 Å². The molecule has 30 heteroatoms. The molecule has 5 aromatic rings. The fraction of sp³-hybridized carbons (Fsp3) is 0.368. The Morgan fingerprint density at radius 3 is 1.24 bits per heavy atom. The average Bonchev–Trinajstić information content (AvgIpc) is 0.740. The van der Waals surface area contributed by atoms with Crippen LogP contribution in [0.4, 0.5) is 117 Å². The Labute approximate surface area is 478 Å². The molecule has 474 valence electrons. The van der Waals surface area contributed by atoms with Crippen LogP contribution in [0.1, 0.15) is 94.8 Å². The van der Waals surface area contributed by atoms with Crippen molar-refractivity contribution in [1.29, 1.82) is 0 Å². The normalized spacial score (nSPS) is 14.1. The van der Waals surface area contributed by atoms with Crippen molar-refractivity contribution in [2.45, 2.75) is 125 Å². The van der Waals surface area contributed by atoms with E-state index in [1.165, 1.54) is 24.3 Å². The van der Waals surface area contributed by atoms with E-state index in [4.69, 9.17) is 0 Å². The van der Waals surface area contributed by atoms with Crippen LogP contribution in [-0.2, 0) is 32.0 Å². The molecule has 0 aliphatic rings. The monoisotopic (exact) mass is 1270 g/mol. The Bertz CT molecular complexity index is 3310. The molecule has 87 heavy (non-hydrogen) atoms. The smallest absolute Gasteiger partial charge is 0.274 e. The quantitative estimate of drug-likeness (QED) is 0.0182. The van der Waals surface area contributed by atoms with E-state index in [0.717, 1.165) is 74.8 Å². The minimum atomic E-state index is -9.26. The topological polar surface area (TPSA) is 71.1 Å². The lowest BCUT2D eigenvalue weighted by Gasteiger charge is -2.44. The molecule has 0 spiro atoms. The van der Waals surface area contributed by atoms with E-state index in [9.17, 15) is 115 Å². The minimum Gasteiger partial charge on any atom is -0.274 e. The molecule has 0 aromatic heterocycles. The molecule has 0 radical (unpaired) electrons. The second kappa shape index (κ2) is 25.6. The molecule has 0 unspecified atom stereocenters. The van der Waals surface area contributed by atoms with E-state index in [-0.39, 0.29) is 36.3 Å². The summed E-state index contributed by atoms with van der Waals surface area (Å²) in [7, 11) is 0. The van der Waals surface area contributed by atoms with Crippen LogP contribution in [0.5, 0.6) is 0 Å². The average molecular weight is 1270 g/mol. The summed E-state index contributed by atoms with van der Waals surface area (Å²) in [5, 5.41) is 19.7. The number of rotatable bonds is 26. The highest BCUT2D eigenvalue weighted by atomic mass is 19.4. The van der Waals surface area contributed by atoms with E-state index >= 15 is 0 Å². The van der Waals surface area contributed by atoms with Gasteiger partial charge in [0.2, 0.25) is 0 Å². The van der Waals surface area contributed by atoms with Crippen molar-refractivity contribution in [2.75, 3.05) is 6.54 Å². The Kier molecular flexibility index (Phi) is 20.7. The van der Waals surface area contributed by atoms with E-state index in [2.05, 4.69) is 22.5 Å². The third-order valence-electron chi connectivity index (χ3n) is 13.4. The number of hydrogen-bond acceptors (Lipinski definition) is 4. The molecular formula is C57H46F24N4O2. The number of halogens is 24. The molecule has 5 rings (SSSR count). The molecule has 5 aromatic carbocycles. The molecule has 0 aliphatic carbocycles. The zero-order chi connectivity index (χ0) is 65.8. The van der Waals surface area contributed by atoms with Gasteiger partial charge in [0.15, 0.2) is 0 Å². The summed E-state index contributed by atoms with van der Waals surface area (Å²) in [6, 6.07) is 24.0. The Balaban J connectivity index is 1.25. The fourth-order valence-corrected chi connectivity index (χ4v) is 8.21. The molecule has 6 nitrogen and oxygen atoms in total. The Morgan fingerprint density at radius 2 is 0.839 bits per heavy atom. The van der Waals surface area contributed by atoms with Crippen LogP contribution in [0.3, 0.4) is 0 Å². The first-order valence-corrected chi connectivity index (χ1v) is 25.4. The van der Waals surface area contributed by atoms with Crippen molar-refractivity contribution in [1.82, 2.24) is 5.01 Å². The van der Waals surface area contributed by atoms with Crippen molar-refractivity contribution >= 4 is 47.8 Å². The lowest BCUT2D eigenvalue weighted by molar-refractivity contribution is -0.474. The van der Waals surface area contributed by atoms with Gasteiger partial charge in [-0.05, 0) is 106 Å². The highest BCUT2D eigenvalue weighted by Gasteiger charge is 2.97. The van der Waals surface area contributed by atoms with Crippen molar-refractivity contribution in [3.05, 3.63) is 174 Å². The molecule has 0 saturated heterocycles. The lowest BCUT2D eigenvalue weighted by atomic mass is 9.85. The first-order chi connectivity index (χ1) is 39.9. The number of aryl methyl sites for hydroxylation is 3. The van der Waals surface area contributed by atoms with Crippen LogP contribution in [0.2, 0.25) is 0 Å². The van der Waals surface area contributed by atoms with Gasteiger partial charge in [-0.15, -0.1) is 5.11 Å². The van der Waals surface area contributed by atoms with Crippen LogP contribution in [0, 0.1) is 10.1 Å². The van der Waals surface area contributed by atoms with Gasteiger partial charge in [-0.2, -0.15) is 105 Å². The molecule has 0 fully saturated rings. The maximum absolute atomic E-state index is 14.7. The SMILES string of the molecule is CCCN(Cc1ccc(CCC(F)(F)C(F)(F)C(F)(F)C(F)(F)C(F)(F)C(F)(F)C(F)(F)C(F)(F)C(F)(F)C(F)(F)F)cc1)N=Nc1ccc(/C=C/c2ccc(/C=C/c3cc(CC)c(/C=C/c4ccc([N+](=O)[O-])cc4)cc3CC)cc2)cc1C(F)(F)F. The highest BCUT2D eigenvalue weighted by molar-refractivity contribution is 5.77. The zero-order valence-electron chi connectivity index (χ0n) is 44.9. The molecule has 0 amide bonds. The standard InChI is InChI=1S/C57H46F24N4O2/c1-4-29-84(33-39-15-12-37(13-16-39)27-28-47(58,59)49(63,64)50(65,66)51(67,68)52(69,70)53(71,72)54(73,74)55(75,76)56(77,78)57(79,80)81)83-82-46-26-21-38(30-45(46)48(60,61)62)14-11-34-7-9-35(10-8-34)17-22-42-31-41(6-3)43(32-40(42)5-2)23-18-36-19-24-44(25-20-36)85(86)87/h7-26,30-32H,4-6,27-29,33H2,1-3H3/b14-11+,22-17+,23-18+,83-82?. The molecule has 0 heterocycles. The molecular weight excluding hydrogens is 1230 g/mol. The van der Waals surface area contributed by atoms with E-state index < -0.39 is 100 Å². The summed E-state index contributed by atoms with van der Waals surface area (Å²) in [5.41, 5.74) is 3.96. The van der Waals surface area contributed by atoms with Crippen LogP contribution in [0.15, 0.2) is 113 Å². The molecule has 0 atom stereocenters. The van der Waals surface area contributed by atoms with Gasteiger partial charge in [0, 0.05) is 25.1 Å². The lowest BCUT2D eigenvalue weighted by Crippen LogP contribution is -2.76. The summed E-state index contributed by atoms with van der Waals surface area (Å²) in [4.78, 5) is 10.5. The third kappa shape index (κ3) is 14.2.